The Labute approximate surface area is 69.7 Å². The summed E-state index contributed by atoms with van der Waals surface area (Å²) in [7, 11) is 0. The number of rotatable bonds is 2. The maximum Gasteiger partial charge on any atom is 0.0757 e. The number of halogens is 1. The molecule has 0 bridgehead atoms. The maximum absolute atomic E-state index is 5.04. The Balaban J connectivity index is 2.69. The summed E-state index contributed by atoms with van der Waals surface area (Å²) in [6.45, 7) is 2.04. The molecule has 0 N–H and O–H groups in total. The largest absolute Gasteiger partial charge is 0.202 e. The Morgan fingerprint density at radius 1 is 1.30 bits per heavy atom. The zero-order valence-corrected chi connectivity index (χ0v) is 7.08. The topological polar surface area (TPSA) is 9.23 Å². The lowest BCUT2D eigenvalue weighted by molar-refractivity contribution is 0.727. The second kappa shape index (κ2) is 3.86. The molecule has 0 saturated carbocycles. The van der Waals surface area contributed by atoms with Crippen LogP contribution in [0.4, 0.5) is 0 Å². The molecule has 0 aliphatic heterocycles. The molecule has 0 amide bonds. The first kappa shape index (κ1) is 7.92. The van der Waals surface area contributed by atoms with Crippen LogP contribution < -0.4 is 0 Å². The third kappa shape index (κ3) is 2.21. The van der Waals surface area contributed by atoms with Gasteiger partial charge in [0.2, 0.25) is 0 Å². The van der Waals surface area contributed by atoms with Gasteiger partial charge in [0.15, 0.2) is 0 Å². The van der Waals surface area contributed by atoms with Gasteiger partial charge in [-0.15, -0.1) is 0 Å². The zero-order valence-electron chi connectivity index (χ0n) is 5.50. The Morgan fingerprint density at radius 3 is 2.40 bits per heavy atom. The third-order valence-corrected chi connectivity index (χ3v) is 1.87. The minimum absolute atomic E-state index is 1.01. The molecule has 0 unspecified atom stereocenters. The second-order valence-corrected chi connectivity index (χ2v) is 3.10. The fourth-order valence-corrected chi connectivity index (χ4v) is 1.17. The van der Waals surface area contributed by atoms with E-state index in [4.69, 9.17) is 11.9 Å². The Hall–Kier alpha value is -0.180. The summed E-state index contributed by atoms with van der Waals surface area (Å²) in [5.41, 5.74) is 1.24. The molecule has 0 aromatic heterocycles. The minimum Gasteiger partial charge on any atom is -0.202 e. The van der Waals surface area contributed by atoms with Crippen LogP contribution in [-0.4, -0.2) is 0 Å². The van der Waals surface area contributed by atoms with Crippen LogP contribution in [0.15, 0.2) is 29.2 Å². The van der Waals surface area contributed by atoms with Crippen molar-refractivity contribution in [2.45, 2.75) is 11.8 Å². The van der Waals surface area contributed by atoms with Crippen molar-refractivity contribution in [3.05, 3.63) is 29.8 Å². The molecule has 1 rings (SSSR count). The van der Waals surface area contributed by atoms with Gasteiger partial charge in [0.05, 0.1) is 23.9 Å². The predicted molar refractivity (Wildman–Crippen MR) is 44.0 cm³/mol. The molecule has 0 saturated heterocycles. The first-order valence-electron chi connectivity index (χ1n) is 2.85. The van der Waals surface area contributed by atoms with E-state index in [1.165, 1.54) is 5.56 Å². The highest BCUT2D eigenvalue weighted by atomic mass is 35.5. The van der Waals surface area contributed by atoms with E-state index < -0.39 is 0 Å². The van der Waals surface area contributed by atoms with Crippen molar-refractivity contribution in [1.29, 1.82) is 0 Å². The molecule has 1 aromatic carbocycles. The molecular weight excluding hydrogens is 168 g/mol. The summed E-state index contributed by atoms with van der Waals surface area (Å²) in [6.07, 6.45) is 0. The summed E-state index contributed by atoms with van der Waals surface area (Å²) in [6, 6.07) is 7.95. The highest BCUT2D eigenvalue weighted by Crippen LogP contribution is 2.20. The van der Waals surface area contributed by atoms with Gasteiger partial charge in [0.1, 0.15) is 0 Å². The quantitative estimate of drug-likeness (QED) is 0.637. The lowest BCUT2D eigenvalue weighted by atomic mass is 10.2. The molecule has 0 atom stereocenters. The standard InChI is InChI=1S/C7H7ClOS/c1-6-2-4-7(5-3-6)10-9-8/h2-5H,1H3. The van der Waals surface area contributed by atoms with Crippen molar-refractivity contribution >= 4 is 23.9 Å². The first-order valence-corrected chi connectivity index (χ1v) is 3.90. The van der Waals surface area contributed by atoms with Gasteiger partial charge in [0, 0.05) is 4.90 Å². The van der Waals surface area contributed by atoms with Crippen LogP contribution in [0.2, 0.25) is 0 Å². The Bertz CT molecular complexity index is 197. The van der Waals surface area contributed by atoms with E-state index >= 15 is 0 Å². The van der Waals surface area contributed by atoms with Gasteiger partial charge < -0.3 is 0 Å². The molecular formula is C7H7ClOS. The van der Waals surface area contributed by atoms with Crippen molar-refractivity contribution in [2.75, 3.05) is 0 Å². The molecule has 3 heteroatoms. The van der Waals surface area contributed by atoms with Crippen molar-refractivity contribution in [3.63, 3.8) is 0 Å². The summed E-state index contributed by atoms with van der Waals surface area (Å²) in [5, 5.41) is 0. The minimum atomic E-state index is 1.01. The zero-order chi connectivity index (χ0) is 7.40. The smallest absolute Gasteiger partial charge is 0.0757 e. The number of hydrogen-bond donors (Lipinski definition) is 0. The molecule has 0 radical (unpaired) electrons. The molecule has 1 aromatic rings. The van der Waals surface area contributed by atoms with Crippen LogP contribution >= 0.6 is 23.9 Å². The highest BCUT2D eigenvalue weighted by molar-refractivity contribution is 7.95. The van der Waals surface area contributed by atoms with Gasteiger partial charge in [-0.05, 0) is 19.1 Å². The van der Waals surface area contributed by atoms with Crippen LogP contribution in [-0.2, 0) is 3.74 Å². The van der Waals surface area contributed by atoms with Crippen LogP contribution in [0, 0.1) is 6.92 Å². The predicted octanol–water partition coefficient (Wildman–Crippen LogP) is 3.17. The molecule has 0 fully saturated rings. The average molecular weight is 175 g/mol. The van der Waals surface area contributed by atoms with Crippen LogP contribution in [0.3, 0.4) is 0 Å². The number of aryl methyl sites for hydroxylation is 1. The van der Waals surface area contributed by atoms with Gasteiger partial charge in [-0.1, -0.05) is 17.7 Å². The van der Waals surface area contributed by atoms with E-state index in [2.05, 4.69) is 3.74 Å². The molecule has 0 heterocycles. The Morgan fingerprint density at radius 2 is 1.90 bits per heavy atom. The average Bonchev–Trinajstić information content (AvgIpc) is 1.95. The number of hydrogen-bond acceptors (Lipinski definition) is 2. The van der Waals surface area contributed by atoms with Crippen molar-refractivity contribution in [1.82, 2.24) is 0 Å². The summed E-state index contributed by atoms with van der Waals surface area (Å²) in [4.78, 5) is 1.01. The van der Waals surface area contributed by atoms with E-state index in [1.54, 1.807) is 0 Å². The van der Waals surface area contributed by atoms with Gasteiger partial charge in [-0.25, -0.2) is 3.74 Å². The fourth-order valence-electron chi connectivity index (χ4n) is 0.630. The van der Waals surface area contributed by atoms with Crippen LogP contribution in [0.5, 0.6) is 0 Å². The van der Waals surface area contributed by atoms with Crippen LogP contribution in [0.25, 0.3) is 0 Å². The molecule has 10 heavy (non-hydrogen) atoms. The SMILES string of the molecule is Cc1ccc(SOCl)cc1. The van der Waals surface area contributed by atoms with E-state index in [0.29, 0.717) is 0 Å². The van der Waals surface area contributed by atoms with Gasteiger partial charge in [-0.3, -0.25) is 0 Å². The first-order chi connectivity index (χ1) is 4.83. The van der Waals surface area contributed by atoms with Crippen molar-refractivity contribution in [3.8, 4) is 0 Å². The van der Waals surface area contributed by atoms with Gasteiger partial charge >= 0.3 is 0 Å². The third-order valence-electron chi connectivity index (χ3n) is 1.15. The van der Waals surface area contributed by atoms with Crippen LogP contribution in [0.1, 0.15) is 5.56 Å². The van der Waals surface area contributed by atoms with E-state index in [9.17, 15) is 0 Å². The molecule has 0 spiro atoms. The van der Waals surface area contributed by atoms with Gasteiger partial charge in [-0.2, -0.15) is 0 Å². The van der Waals surface area contributed by atoms with Crippen molar-refractivity contribution < 1.29 is 3.74 Å². The number of benzene rings is 1. The van der Waals surface area contributed by atoms with E-state index in [-0.39, 0.29) is 0 Å². The lowest BCUT2D eigenvalue weighted by Crippen LogP contribution is -1.71. The van der Waals surface area contributed by atoms with E-state index in [1.807, 2.05) is 31.2 Å². The monoisotopic (exact) mass is 174 g/mol. The second-order valence-electron chi connectivity index (χ2n) is 1.96. The fraction of sp³-hybridized carbons (Fsp3) is 0.143. The molecule has 0 aliphatic carbocycles. The van der Waals surface area contributed by atoms with Crippen molar-refractivity contribution in [2.24, 2.45) is 0 Å². The molecule has 1 nitrogen and oxygen atoms in total. The normalized spacial score (nSPS) is 9.80. The van der Waals surface area contributed by atoms with Gasteiger partial charge in [0.25, 0.3) is 0 Å². The maximum atomic E-state index is 5.04. The van der Waals surface area contributed by atoms with E-state index in [0.717, 1.165) is 16.9 Å². The molecule has 0 aliphatic rings. The Kier molecular flexibility index (Phi) is 3.06. The summed E-state index contributed by atoms with van der Waals surface area (Å²) < 4.78 is 4.36. The molecule has 54 valence electrons. The summed E-state index contributed by atoms with van der Waals surface area (Å²) >= 11 is 6.19. The summed E-state index contributed by atoms with van der Waals surface area (Å²) in [5.74, 6) is 0. The highest BCUT2D eigenvalue weighted by Gasteiger charge is 1.90. The lowest BCUT2D eigenvalue weighted by Gasteiger charge is -1.94.